The highest BCUT2D eigenvalue weighted by Crippen LogP contribution is 2.37. The van der Waals surface area contributed by atoms with E-state index in [4.69, 9.17) is 17.3 Å². The lowest BCUT2D eigenvalue weighted by atomic mass is 10.1. The first-order valence-electron chi connectivity index (χ1n) is 10.7. The summed E-state index contributed by atoms with van der Waals surface area (Å²) in [4.78, 5) is 18.4. The van der Waals surface area contributed by atoms with Crippen molar-refractivity contribution >= 4 is 55.0 Å². The van der Waals surface area contributed by atoms with Gasteiger partial charge in [0.25, 0.3) is 0 Å². The predicted octanol–water partition coefficient (Wildman–Crippen LogP) is 4.03. The van der Waals surface area contributed by atoms with E-state index in [1.165, 1.54) is 21.7 Å². The zero-order valence-corrected chi connectivity index (χ0v) is 20.8. The van der Waals surface area contributed by atoms with Crippen LogP contribution >= 0.6 is 22.9 Å². The van der Waals surface area contributed by atoms with Crippen LogP contribution in [-0.4, -0.2) is 54.6 Å². The molecule has 1 aromatic carbocycles. The molecule has 1 saturated heterocycles. The number of carbonyl (C=O) groups excluding carboxylic acids is 1. The number of nitrogens with two attached hydrogens (primary N) is 1. The van der Waals surface area contributed by atoms with Crippen molar-refractivity contribution in [3.63, 3.8) is 0 Å². The molecular formula is C24H25ClN4O3S2. The van der Waals surface area contributed by atoms with Gasteiger partial charge in [-0.05, 0) is 47.8 Å². The molecule has 2 unspecified atom stereocenters. The highest BCUT2D eigenvalue weighted by molar-refractivity contribution is 7.89. The number of allylic oxidation sites excluding steroid dienone is 1. The summed E-state index contributed by atoms with van der Waals surface area (Å²) in [6.07, 6.45) is 9.88. The van der Waals surface area contributed by atoms with Crippen molar-refractivity contribution in [3.05, 3.63) is 83.1 Å². The van der Waals surface area contributed by atoms with Crippen LogP contribution in [0.3, 0.4) is 0 Å². The number of hydrogen-bond donors (Lipinski definition) is 1. The average Bonchev–Trinajstić information content (AvgIpc) is 3.23. The second kappa shape index (κ2) is 10.3. The Balaban J connectivity index is 1.49. The Bertz CT molecular complexity index is 1340. The van der Waals surface area contributed by atoms with E-state index in [9.17, 15) is 13.2 Å². The molecule has 0 radical (unpaired) electrons. The van der Waals surface area contributed by atoms with E-state index in [0.717, 1.165) is 21.9 Å². The fourth-order valence-corrected chi connectivity index (χ4v) is 7.42. The molecular weight excluding hydrogens is 492 g/mol. The molecule has 2 N–H and O–H groups in total. The Morgan fingerprint density at radius 2 is 2.12 bits per heavy atom. The summed E-state index contributed by atoms with van der Waals surface area (Å²) in [5, 5.41) is 0.635. The van der Waals surface area contributed by atoms with Crippen molar-refractivity contribution < 1.29 is 13.2 Å². The number of hydrogen-bond acceptors (Lipinski definition) is 7. The number of benzene rings is 1. The molecule has 0 bridgehead atoms. The number of halogens is 1. The summed E-state index contributed by atoms with van der Waals surface area (Å²) < 4.78 is 29.4. The van der Waals surface area contributed by atoms with Crippen molar-refractivity contribution in [1.82, 2.24) is 14.2 Å². The third-order valence-electron chi connectivity index (χ3n) is 5.83. The molecule has 34 heavy (non-hydrogen) atoms. The molecule has 0 aliphatic carbocycles. The van der Waals surface area contributed by atoms with Gasteiger partial charge in [0.1, 0.15) is 11.5 Å². The Hall–Kier alpha value is -2.72. The summed E-state index contributed by atoms with van der Waals surface area (Å²) >= 11 is 7.47. The Kier molecular flexibility index (Phi) is 7.37. The van der Waals surface area contributed by atoms with Crippen molar-refractivity contribution in [3.8, 4) is 0 Å². The fourth-order valence-electron chi connectivity index (χ4n) is 3.97. The van der Waals surface area contributed by atoms with Gasteiger partial charge in [0.15, 0.2) is 0 Å². The molecule has 2 atom stereocenters. The van der Waals surface area contributed by atoms with Crippen molar-refractivity contribution in [2.45, 2.75) is 17.7 Å². The Labute approximate surface area is 208 Å². The summed E-state index contributed by atoms with van der Waals surface area (Å²) in [6, 6.07) is 8.49. The van der Waals surface area contributed by atoms with Gasteiger partial charge in [0.05, 0.1) is 6.04 Å². The molecule has 0 amide bonds. The van der Waals surface area contributed by atoms with Crippen LogP contribution in [0.2, 0.25) is 5.02 Å². The SMILES string of the molecule is C=CC(c1cc2ccc(Cl)cc2s1)S(=O)(=O)N1CCN(C=CCc2cnccc2N)C(C=O)C1. The van der Waals surface area contributed by atoms with E-state index < -0.39 is 21.3 Å². The van der Waals surface area contributed by atoms with E-state index in [1.807, 2.05) is 35.4 Å². The maximum atomic E-state index is 13.5. The first-order valence-corrected chi connectivity index (χ1v) is 13.4. The van der Waals surface area contributed by atoms with Gasteiger partial charge in [-0.25, -0.2) is 8.42 Å². The Morgan fingerprint density at radius 1 is 1.29 bits per heavy atom. The van der Waals surface area contributed by atoms with Gasteiger partial charge in [-0.15, -0.1) is 17.9 Å². The number of nitrogens with zero attached hydrogens (tertiary/aromatic N) is 3. The topological polar surface area (TPSA) is 96.6 Å². The van der Waals surface area contributed by atoms with E-state index >= 15 is 0 Å². The summed E-state index contributed by atoms with van der Waals surface area (Å²) in [5.74, 6) is 0. The fraction of sp³-hybridized carbons (Fsp3) is 0.250. The van der Waals surface area contributed by atoms with Crippen LogP contribution in [0.15, 0.2) is 67.7 Å². The molecule has 10 heteroatoms. The molecule has 3 aromatic rings. The van der Waals surface area contributed by atoms with E-state index in [0.29, 0.717) is 28.6 Å². The van der Waals surface area contributed by atoms with Crippen LogP contribution in [0.5, 0.6) is 0 Å². The van der Waals surface area contributed by atoms with Crippen molar-refractivity contribution in [2.24, 2.45) is 0 Å². The van der Waals surface area contributed by atoms with Crippen LogP contribution in [0.25, 0.3) is 10.1 Å². The number of thiophene rings is 1. The predicted molar refractivity (Wildman–Crippen MR) is 138 cm³/mol. The molecule has 7 nitrogen and oxygen atoms in total. The zero-order valence-electron chi connectivity index (χ0n) is 18.4. The molecule has 3 heterocycles. The number of aldehydes is 1. The van der Waals surface area contributed by atoms with Gasteiger partial charge < -0.3 is 15.4 Å². The number of sulfonamides is 1. The third-order valence-corrected chi connectivity index (χ3v) is 9.54. The van der Waals surface area contributed by atoms with Gasteiger partial charge in [0.2, 0.25) is 10.0 Å². The van der Waals surface area contributed by atoms with Gasteiger partial charge in [-0.1, -0.05) is 29.8 Å². The van der Waals surface area contributed by atoms with E-state index in [2.05, 4.69) is 11.6 Å². The maximum absolute atomic E-state index is 13.5. The van der Waals surface area contributed by atoms with Crippen LogP contribution in [0, 0.1) is 0 Å². The first-order chi connectivity index (χ1) is 16.3. The van der Waals surface area contributed by atoms with Gasteiger partial charge in [-0.3, -0.25) is 4.98 Å². The largest absolute Gasteiger partial charge is 0.398 e. The number of nitrogen functional groups attached to an aromatic ring is 1. The summed E-state index contributed by atoms with van der Waals surface area (Å²) in [6.45, 7) is 4.53. The minimum atomic E-state index is -3.76. The van der Waals surface area contributed by atoms with Gasteiger partial charge in [0, 0.05) is 52.3 Å². The minimum Gasteiger partial charge on any atom is -0.398 e. The smallest absolute Gasteiger partial charge is 0.225 e. The molecule has 1 fully saturated rings. The highest BCUT2D eigenvalue weighted by atomic mass is 35.5. The third kappa shape index (κ3) is 5.02. The molecule has 1 aliphatic rings. The average molecular weight is 517 g/mol. The van der Waals surface area contributed by atoms with E-state index in [-0.39, 0.29) is 13.1 Å². The second-order valence-corrected chi connectivity index (χ2v) is 11.6. The van der Waals surface area contributed by atoms with Crippen LogP contribution in [-0.2, 0) is 21.2 Å². The lowest BCUT2D eigenvalue weighted by Crippen LogP contribution is -2.54. The molecule has 4 rings (SSSR count). The number of fused-ring (bicyclic) bond motifs is 1. The molecule has 1 aliphatic heterocycles. The summed E-state index contributed by atoms with van der Waals surface area (Å²) in [7, 11) is -3.76. The number of pyridine rings is 1. The standard InChI is InChI=1S/C24H25ClN4O3S2/c1-2-24(23-12-17-5-6-19(25)13-22(17)33-23)34(31,32)29-11-10-28(20(15-29)16-30)9-3-4-18-14-27-8-7-21(18)26/h2-3,5-9,12-14,16,20,24H,1,4,10-11,15H2,(H2,26,27). The van der Waals surface area contributed by atoms with Gasteiger partial charge >= 0.3 is 0 Å². The quantitative estimate of drug-likeness (QED) is 0.358. The van der Waals surface area contributed by atoms with E-state index in [1.54, 1.807) is 24.5 Å². The molecule has 178 valence electrons. The molecule has 0 saturated carbocycles. The Morgan fingerprint density at radius 3 is 2.85 bits per heavy atom. The minimum absolute atomic E-state index is 0.0757. The molecule has 0 spiro atoms. The highest BCUT2D eigenvalue weighted by Gasteiger charge is 2.37. The summed E-state index contributed by atoms with van der Waals surface area (Å²) in [5.41, 5.74) is 7.49. The number of carbonyl (C=O) groups is 1. The monoisotopic (exact) mass is 516 g/mol. The van der Waals surface area contributed by atoms with Crippen LogP contribution < -0.4 is 5.73 Å². The second-order valence-electron chi connectivity index (χ2n) is 7.99. The maximum Gasteiger partial charge on any atom is 0.225 e. The number of aromatic nitrogens is 1. The number of piperazine rings is 1. The lowest BCUT2D eigenvalue weighted by Gasteiger charge is -2.38. The first kappa shape index (κ1) is 24.4. The van der Waals surface area contributed by atoms with Crippen LogP contribution in [0.1, 0.15) is 15.7 Å². The van der Waals surface area contributed by atoms with Crippen molar-refractivity contribution in [1.29, 1.82) is 0 Å². The zero-order chi connectivity index (χ0) is 24.3. The normalized spacial score (nSPS) is 18.4. The van der Waals surface area contributed by atoms with Crippen molar-refractivity contribution in [2.75, 3.05) is 25.4 Å². The number of rotatable bonds is 8. The molecule has 2 aromatic heterocycles. The number of anilines is 1. The van der Waals surface area contributed by atoms with Gasteiger partial charge in [-0.2, -0.15) is 4.31 Å². The lowest BCUT2D eigenvalue weighted by molar-refractivity contribution is -0.112. The van der Waals surface area contributed by atoms with Crippen LogP contribution in [0.4, 0.5) is 5.69 Å².